The molecule has 2 aromatic rings. The molecule has 1 N–H and O–H groups in total. The number of alkyl halides is 2. The first-order chi connectivity index (χ1) is 13.3. The lowest BCUT2D eigenvalue weighted by atomic mass is 10.0. The predicted octanol–water partition coefficient (Wildman–Crippen LogP) is 2.77. The fraction of sp³-hybridized carbons (Fsp3) is 0.333. The molecule has 1 fully saturated rings. The molecule has 1 saturated heterocycles. The summed E-state index contributed by atoms with van der Waals surface area (Å²) in [5, 5.41) is 3.14. The summed E-state index contributed by atoms with van der Waals surface area (Å²) in [4.78, 5) is -0.339. The normalized spacial score (nSPS) is 18.2. The third-order valence-corrected chi connectivity index (χ3v) is 6.32. The molecule has 0 unspecified atom stereocenters. The summed E-state index contributed by atoms with van der Waals surface area (Å²) < 4.78 is 75.6. The van der Waals surface area contributed by atoms with Crippen molar-refractivity contribution in [1.29, 1.82) is 0 Å². The van der Waals surface area contributed by atoms with Gasteiger partial charge in [0.1, 0.15) is 5.75 Å². The average Bonchev–Trinajstić information content (AvgIpc) is 2.69. The Hall–Kier alpha value is -2.30. The molecule has 0 aliphatic carbocycles. The molecule has 3 rings (SSSR count). The topological polar surface area (TPSA) is 67.9 Å². The summed E-state index contributed by atoms with van der Waals surface area (Å²) in [7, 11) is -2.61. The molecule has 0 bridgehead atoms. The summed E-state index contributed by atoms with van der Waals surface area (Å²) in [6.07, 6.45) is 0. The van der Waals surface area contributed by atoms with Crippen LogP contribution in [0.4, 0.5) is 13.2 Å². The summed E-state index contributed by atoms with van der Waals surface area (Å²) in [5.41, 5.74) is 0.666. The van der Waals surface area contributed by atoms with Crippen molar-refractivity contribution < 1.29 is 31.1 Å². The molecule has 1 aliphatic heterocycles. The number of rotatable bonds is 6. The van der Waals surface area contributed by atoms with E-state index in [1.807, 2.05) is 0 Å². The Bertz CT molecular complexity index is 940. The molecule has 152 valence electrons. The molecule has 1 aliphatic rings. The molecule has 6 nitrogen and oxygen atoms in total. The Morgan fingerprint density at radius 1 is 1.18 bits per heavy atom. The molecule has 0 amide bonds. The molecule has 0 radical (unpaired) electrons. The van der Waals surface area contributed by atoms with E-state index >= 15 is 0 Å². The number of ether oxygens (including phenoxy) is 2. The maximum atomic E-state index is 14.1. The molecule has 0 aromatic heterocycles. The lowest BCUT2D eigenvalue weighted by molar-refractivity contribution is -0.0522. The van der Waals surface area contributed by atoms with E-state index in [1.54, 1.807) is 24.3 Å². The van der Waals surface area contributed by atoms with Gasteiger partial charge in [-0.05, 0) is 24.3 Å². The van der Waals surface area contributed by atoms with Crippen molar-refractivity contribution >= 4 is 10.0 Å². The zero-order valence-electron chi connectivity index (χ0n) is 14.9. The molecule has 2 aromatic carbocycles. The van der Waals surface area contributed by atoms with Crippen LogP contribution in [-0.4, -0.2) is 46.1 Å². The minimum absolute atomic E-state index is 0.155. The first-order valence-corrected chi connectivity index (χ1v) is 9.88. The number of halogens is 3. The second-order valence-corrected chi connectivity index (χ2v) is 7.94. The van der Waals surface area contributed by atoms with Crippen molar-refractivity contribution in [3.8, 4) is 11.5 Å². The van der Waals surface area contributed by atoms with Gasteiger partial charge in [-0.25, -0.2) is 12.8 Å². The van der Waals surface area contributed by atoms with Gasteiger partial charge < -0.3 is 14.8 Å². The second-order valence-electron chi connectivity index (χ2n) is 6.05. The highest BCUT2D eigenvalue weighted by atomic mass is 32.2. The van der Waals surface area contributed by atoms with E-state index in [0.29, 0.717) is 30.5 Å². The van der Waals surface area contributed by atoms with Gasteiger partial charge in [-0.1, -0.05) is 18.2 Å². The van der Waals surface area contributed by atoms with Crippen LogP contribution in [0.15, 0.2) is 47.4 Å². The number of sulfonamides is 1. The monoisotopic (exact) mass is 416 g/mol. The van der Waals surface area contributed by atoms with Gasteiger partial charge in [0.25, 0.3) is 0 Å². The van der Waals surface area contributed by atoms with Gasteiger partial charge in [-0.15, -0.1) is 0 Å². The van der Waals surface area contributed by atoms with Gasteiger partial charge in [-0.2, -0.15) is 13.1 Å². The zero-order valence-corrected chi connectivity index (χ0v) is 15.8. The maximum absolute atomic E-state index is 14.1. The Balaban J connectivity index is 1.98. The maximum Gasteiger partial charge on any atom is 0.387 e. The van der Waals surface area contributed by atoms with Crippen molar-refractivity contribution in [2.75, 3.05) is 26.7 Å². The molecular formula is C18H19F3N2O4S. The van der Waals surface area contributed by atoms with Crippen LogP contribution in [0.5, 0.6) is 11.5 Å². The predicted molar refractivity (Wildman–Crippen MR) is 95.5 cm³/mol. The van der Waals surface area contributed by atoms with Crippen molar-refractivity contribution in [1.82, 2.24) is 9.62 Å². The Kier molecular flexibility index (Phi) is 6.11. The van der Waals surface area contributed by atoms with E-state index in [0.717, 1.165) is 12.1 Å². The summed E-state index contributed by atoms with van der Waals surface area (Å²) >= 11 is 0. The van der Waals surface area contributed by atoms with Crippen LogP contribution in [0.2, 0.25) is 0 Å². The van der Waals surface area contributed by atoms with E-state index in [9.17, 15) is 21.6 Å². The number of piperazine rings is 1. The largest absolute Gasteiger partial charge is 0.496 e. The number of nitrogens with one attached hydrogen (secondary N) is 1. The SMILES string of the molecule is COc1ccccc1[C@H]1CNCCN1S(=O)(=O)c1ccc(OC(F)F)c(F)c1. The quantitative estimate of drug-likeness (QED) is 0.785. The van der Waals surface area contributed by atoms with Crippen molar-refractivity contribution in [3.05, 3.63) is 53.8 Å². The van der Waals surface area contributed by atoms with Crippen LogP contribution in [0, 0.1) is 5.82 Å². The number of hydrogen-bond acceptors (Lipinski definition) is 5. The zero-order chi connectivity index (χ0) is 20.3. The smallest absolute Gasteiger partial charge is 0.387 e. The van der Waals surface area contributed by atoms with E-state index in [-0.39, 0.29) is 11.4 Å². The van der Waals surface area contributed by atoms with E-state index < -0.39 is 34.2 Å². The Morgan fingerprint density at radius 3 is 2.61 bits per heavy atom. The van der Waals surface area contributed by atoms with Crippen molar-refractivity contribution in [2.45, 2.75) is 17.5 Å². The van der Waals surface area contributed by atoms with Gasteiger partial charge >= 0.3 is 6.61 Å². The molecule has 0 saturated carbocycles. The number of methoxy groups -OCH3 is 1. The molecule has 28 heavy (non-hydrogen) atoms. The van der Waals surface area contributed by atoms with Crippen LogP contribution in [0.1, 0.15) is 11.6 Å². The van der Waals surface area contributed by atoms with Crippen LogP contribution in [0.3, 0.4) is 0 Å². The van der Waals surface area contributed by atoms with Gasteiger partial charge in [0.15, 0.2) is 11.6 Å². The highest BCUT2D eigenvalue weighted by molar-refractivity contribution is 7.89. The van der Waals surface area contributed by atoms with Gasteiger partial charge in [-0.3, -0.25) is 0 Å². The minimum Gasteiger partial charge on any atom is -0.496 e. The van der Waals surface area contributed by atoms with Gasteiger partial charge in [0.05, 0.1) is 18.0 Å². The summed E-state index contributed by atoms with van der Waals surface area (Å²) in [6.45, 7) is -2.30. The van der Waals surface area contributed by atoms with Crippen LogP contribution in [0.25, 0.3) is 0 Å². The van der Waals surface area contributed by atoms with Crippen LogP contribution in [-0.2, 0) is 10.0 Å². The van der Waals surface area contributed by atoms with Crippen molar-refractivity contribution in [3.63, 3.8) is 0 Å². The van der Waals surface area contributed by atoms with Crippen molar-refractivity contribution in [2.24, 2.45) is 0 Å². The lowest BCUT2D eigenvalue weighted by Gasteiger charge is -2.36. The fourth-order valence-corrected chi connectivity index (χ4v) is 4.77. The fourth-order valence-electron chi connectivity index (χ4n) is 3.15. The standard InChI is InChI=1S/C18H19F3N2O4S/c1-26-16-5-3-2-4-13(16)15-11-22-8-9-23(15)28(24,25)12-6-7-17(14(19)10-12)27-18(20)21/h2-7,10,15,18,22H,8-9,11H2,1H3/t15-/m1/s1. The van der Waals surface area contributed by atoms with Gasteiger partial charge in [0.2, 0.25) is 10.0 Å². The molecule has 10 heteroatoms. The first kappa shape index (κ1) is 20.4. The van der Waals surface area contributed by atoms with E-state index in [2.05, 4.69) is 10.1 Å². The van der Waals surface area contributed by atoms with Crippen LogP contribution < -0.4 is 14.8 Å². The summed E-state index contributed by atoms with van der Waals surface area (Å²) in [5.74, 6) is -1.36. The number of para-hydroxylation sites is 1. The highest BCUT2D eigenvalue weighted by Gasteiger charge is 2.36. The second kappa shape index (κ2) is 8.38. The molecule has 0 spiro atoms. The molecule has 1 heterocycles. The molecular weight excluding hydrogens is 397 g/mol. The first-order valence-electron chi connectivity index (χ1n) is 8.44. The van der Waals surface area contributed by atoms with Gasteiger partial charge in [0, 0.05) is 25.2 Å². The number of hydrogen-bond donors (Lipinski definition) is 1. The number of benzene rings is 2. The van der Waals surface area contributed by atoms with E-state index in [1.165, 1.54) is 11.4 Å². The molecule has 1 atom stereocenters. The van der Waals surface area contributed by atoms with E-state index in [4.69, 9.17) is 4.74 Å². The average molecular weight is 416 g/mol. The number of nitrogens with zero attached hydrogens (tertiary/aromatic N) is 1. The van der Waals surface area contributed by atoms with Crippen LogP contribution >= 0.6 is 0 Å². The third kappa shape index (κ3) is 4.08. The highest BCUT2D eigenvalue weighted by Crippen LogP contribution is 2.34. The lowest BCUT2D eigenvalue weighted by Crippen LogP contribution is -2.48. The third-order valence-electron chi connectivity index (χ3n) is 4.42. The summed E-state index contributed by atoms with van der Waals surface area (Å²) in [6, 6.07) is 9.09. The Morgan fingerprint density at radius 2 is 1.93 bits per heavy atom. The minimum atomic E-state index is -4.10. The Labute approximate surface area is 160 Å².